The maximum Gasteiger partial charge on any atom is 0.160 e. The van der Waals surface area contributed by atoms with E-state index < -0.39 is 0 Å². The molecule has 0 radical (unpaired) electrons. The topological polar surface area (TPSA) is 75.5 Å². The first kappa shape index (κ1) is 11.4. The van der Waals surface area contributed by atoms with Crippen LogP contribution in [0.4, 0.5) is 5.82 Å². The predicted octanol–water partition coefficient (Wildman–Crippen LogP) is 1.08. The zero-order valence-electron chi connectivity index (χ0n) is 11.2. The zero-order valence-corrected chi connectivity index (χ0v) is 11.2. The van der Waals surface area contributed by atoms with Gasteiger partial charge < -0.3 is 4.90 Å². The molecule has 1 N–H and O–H groups in total. The van der Waals surface area contributed by atoms with E-state index in [0.29, 0.717) is 5.92 Å². The van der Waals surface area contributed by atoms with Gasteiger partial charge in [-0.2, -0.15) is 10.2 Å². The lowest BCUT2D eigenvalue weighted by Crippen LogP contribution is -2.20. The van der Waals surface area contributed by atoms with E-state index in [-0.39, 0.29) is 0 Å². The fraction of sp³-hybridized carbons (Fsp3) is 0.385. The smallest absolute Gasteiger partial charge is 0.160 e. The molecule has 3 aromatic heterocycles. The molecule has 4 heterocycles. The minimum atomic E-state index is 0.514. The molecule has 1 aliphatic rings. The normalized spacial score (nSPS) is 19.1. The van der Waals surface area contributed by atoms with Crippen molar-refractivity contribution in [3.63, 3.8) is 0 Å². The van der Waals surface area contributed by atoms with Gasteiger partial charge in [-0.1, -0.05) is 0 Å². The van der Waals surface area contributed by atoms with Crippen LogP contribution in [-0.2, 0) is 7.05 Å². The number of fused-ring (bicyclic) bond motifs is 1. The van der Waals surface area contributed by atoms with E-state index in [1.54, 1.807) is 12.5 Å². The lowest BCUT2D eigenvalue weighted by Gasteiger charge is -2.17. The van der Waals surface area contributed by atoms with Crippen LogP contribution in [0.1, 0.15) is 17.9 Å². The molecule has 7 nitrogen and oxygen atoms in total. The number of hydrogen-bond donors (Lipinski definition) is 1. The summed E-state index contributed by atoms with van der Waals surface area (Å²) in [7, 11) is 1.95. The van der Waals surface area contributed by atoms with Gasteiger partial charge in [0.1, 0.15) is 12.1 Å². The first-order valence-corrected chi connectivity index (χ1v) is 6.69. The van der Waals surface area contributed by atoms with Crippen molar-refractivity contribution in [2.24, 2.45) is 7.05 Å². The Kier molecular flexibility index (Phi) is 2.45. The molecule has 20 heavy (non-hydrogen) atoms. The fourth-order valence-corrected chi connectivity index (χ4v) is 2.88. The molecule has 0 aliphatic carbocycles. The number of hydrogen-bond acceptors (Lipinski definition) is 5. The van der Waals surface area contributed by atoms with Gasteiger partial charge in [-0.3, -0.25) is 9.78 Å². The molecule has 102 valence electrons. The molecular formula is C13H15N7. The molecule has 3 aromatic rings. The number of nitrogens with zero attached hydrogens (tertiary/aromatic N) is 6. The van der Waals surface area contributed by atoms with Gasteiger partial charge in [0.25, 0.3) is 0 Å². The summed E-state index contributed by atoms with van der Waals surface area (Å²) in [6.07, 6.45) is 8.56. The van der Waals surface area contributed by atoms with E-state index >= 15 is 0 Å². The standard InChI is InChI=1S/C13H15N7/c1-19-6-10(4-17-19)9-2-3-20(7-9)13-11-5-16-18-12(11)14-8-15-13/h4-6,8-9H,2-3,7H2,1H3,(H,14,15,16,18). The maximum absolute atomic E-state index is 4.43. The first-order chi connectivity index (χ1) is 9.81. The highest BCUT2D eigenvalue weighted by molar-refractivity contribution is 5.86. The Morgan fingerprint density at radius 1 is 1.30 bits per heavy atom. The van der Waals surface area contributed by atoms with E-state index in [2.05, 4.69) is 36.4 Å². The number of H-pyrrole nitrogens is 1. The Hall–Kier alpha value is -2.44. The molecule has 4 rings (SSSR count). The summed E-state index contributed by atoms with van der Waals surface area (Å²) in [6.45, 7) is 1.96. The number of anilines is 1. The molecule has 0 aromatic carbocycles. The molecule has 7 heteroatoms. The summed E-state index contributed by atoms with van der Waals surface area (Å²) in [6, 6.07) is 0. The van der Waals surface area contributed by atoms with Crippen molar-refractivity contribution in [3.05, 3.63) is 30.5 Å². The second-order valence-electron chi connectivity index (χ2n) is 5.21. The molecule has 1 saturated heterocycles. The number of nitrogens with one attached hydrogen (secondary N) is 1. The monoisotopic (exact) mass is 269 g/mol. The second kappa shape index (κ2) is 4.29. The first-order valence-electron chi connectivity index (χ1n) is 6.69. The van der Waals surface area contributed by atoms with Crippen molar-refractivity contribution in [1.29, 1.82) is 0 Å². The van der Waals surface area contributed by atoms with Crippen LogP contribution in [0.5, 0.6) is 0 Å². The lowest BCUT2D eigenvalue weighted by atomic mass is 10.0. The van der Waals surface area contributed by atoms with Crippen LogP contribution in [0, 0.1) is 0 Å². The van der Waals surface area contributed by atoms with Gasteiger partial charge in [-0.05, 0) is 12.0 Å². The van der Waals surface area contributed by atoms with Crippen molar-refractivity contribution < 1.29 is 0 Å². The molecule has 0 saturated carbocycles. The Bertz CT molecular complexity index is 744. The summed E-state index contributed by atoms with van der Waals surface area (Å²) in [5.74, 6) is 1.48. The van der Waals surface area contributed by atoms with Gasteiger partial charge in [0.05, 0.1) is 17.8 Å². The van der Waals surface area contributed by atoms with E-state index in [1.807, 2.05) is 17.9 Å². The minimum Gasteiger partial charge on any atom is -0.355 e. The Morgan fingerprint density at radius 3 is 3.10 bits per heavy atom. The molecule has 1 unspecified atom stereocenters. The molecule has 0 spiro atoms. The average Bonchev–Trinajstić information content (AvgIpc) is 3.17. The summed E-state index contributed by atoms with van der Waals surface area (Å²) >= 11 is 0. The largest absolute Gasteiger partial charge is 0.355 e. The second-order valence-corrected chi connectivity index (χ2v) is 5.21. The van der Waals surface area contributed by atoms with Crippen LogP contribution < -0.4 is 4.90 Å². The summed E-state index contributed by atoms with van der Waals surface area (Å²) in [5, 5.41) is 12.2. The van der Waals surface area contributed by atoms with Crippen molar-refractivity contribution in [1.82, 2.24) is 29.9 Å². The van der Waals surface area contributed by atoms with Gasteiger partial charge in [-0.25, -0.2) is 9.97 Å². The number of aromatic amines is 1. The van der Waals surface area contributed by atoms with Crippen molar-refractivity contribution in [3.8, 4) is 0 Å². The Morgan fingerprint density at radius 2 is 2.25 bits per heavy atom. The van der Waals surface area contributed by atoms with E-state index in [1.165, 1.54) is 5.56 Å². The quantitative estimate of drug-likeness (QED) is 0.753. The molecule has 1 atom stereocenters. The van der Waals surface area contributed by atoms with Gasteiger partial charge >= 0.3 is 0 Å². The highest BCUT2D eigenvalue weighted by Crippen LogP contribution is 2.31. The summed E-state index contributed by atoms with van der Waals surface area (Å²) in [4.78, 5) is 10.9. The summed E-state index contributed by atoms with van der Waals surface area (Å²) in [5.41, 5.74) is 2.09. The minimum absolute atomic E-state index is 0.514. The van der Waals surface area contributed by atoms with Crippen LogP contribution in [-0.4, -0.2) is 43.0 Å². The van der Waals surface area contributed by atoms with Crippen molar-refractivity contribution in [2.75, 3.05) is 18.0 Å². The average molecular weight is 269 g/mol. The number of aryl methyl sites for hydroxylation is 1. The number of aromatic nitrogens is 6. The third-order valence-electron chi connectivity index (χ3n) is 3.91. The molecule has 1 fully saturated rings. The van der Waals surface area contributed by atoms with Crippen LogP contribution in [0.2, 0.25) is 0 Å². The highest BCUT2D eigenvalue weighted by atomic mass is 15.3. The number of rotatable bonds is 2. The fourth-order valence-electron chi connectivity index (χ4n) is 2.88. The lowest BCUT2D eigenvalue weighted by molar-refractivity contribution is 0.754. The summed E-state index contributed by atoms with van der Waals surface area (Å²) < 4.78 is 1.86. The molecule has 1 aliphatic heterocycles. The van der Waals surface area contributed by atoms with Crippen LogP contribution >= 0.6 is 0 Å². The van der Waals surface area contributed by atoms with Crippen molar-refractivity contribution >= 4 is 16.9 Å². The van der Waals surface area contributed by atoms with E-state index in [4.69, 9.17) is 0 Å². The van der Waals surface area contributed by atoms with E-state index in [0.717, 1.165) is 36.4 Å². The van der Waals surface area contributed by atoms with Crippen LogP contribution in [0.25, 0.3) is 11.0 Å². The molecule has 0 bridgehead atoms. The van der Waals surface area contributed by atoms with Crippen LogP contribution in [0.15, 0.2) is 24.9 Å². The van der Waals surface area contributed by atoms with Gasteiger partial charge in [0, 0.05) is 32.3 Å². The van der Waals surface area contributed by atoms with Gasteiger partial charge in [0.2, 0.25) is 0 Å². The third-order valence-corrected chi connectivity index (χ3v) is 3.91. The van der Waals surface area contributed by atoms with Gasteiger partial charge in [0.15, 0.2) is 5.65 Å². The third kappa shape index (κ3) is 1.74. The zero-order chi connectivity index (χ0) is 13.5. The Labute approximate surface area is 115 Å². The predicted molar refractivity (Wildman–Crippen MR) is 74.5 cm³/mol. The maximum atomic E-state index is 4.43. The Balaban J connectivity index is 1.63. The highest BCUT2D eigenvalue weighted by Gasteiger charge is 2.27. The molecular weight excluding hydrogens is 254 g/mol. The van der Waals surface area contributed by atoms with Crippen molar-refractivity contribution in [2.45, 2.75) is 12.3 Å². The van der Waals surface area contributed by atoms with Crippen LogP contribution in [0.3, 0.4) is 0 Å². The van der Waals surface area contributed by atoms with E-state index in [9.17, 15) is 0 Å². The van der Waals surface area contributed by atoms with Gasteiger partial charge in [-0.15, -0.1) is 0 Å². The molecule has 0 amide bonds. The SMILES string of the molecule is Cn1cc(C2CCN(c3ncnc4[nH]ncc34)C2)cn1.